The van der Waals surface area contributed by atoms with Crippen molar-refractivity contribution in [2.75, 3.05) is 0 Å². The predicted octanol–water partition coefficient (Wildman–Crippen LogP) is 12.6. The average Bonchev–Trinajstić information content (AvgIpc) is 3.10. The normalized spacial score (nSPS) is 12.2. The Morgan fingerprint density at radius 1 is 0.311 bits per heavy atom. The van der Waals surface area contributed by atoms with Crippen LogP contribution in [0.5, 0.6) is 11.5 Å². The molecule has 1 aliphatic rings. The Kier molecular flexibility index (Phi) is 5.06. The van der Waals surface area contributed by atoms with E-state index in [1.54, 1.807) is 0 Å². The van der Waals surface area contributed by atoms with Crippen molar-refractivity contribution in [1.82, 2.24) is 0 Å². The molecule has 0 N–H and O–H groups in total. The molecule has 0 aliphatic carbocycles. The van der Waals surface area contributed by atoms with Gasteiger partial charge in [-0.3, -0.25) is 0 Å². The maximum absolute atomic E-state index is 6.64. The lowest BCUT2D eigenvalue weighted by Crippen LogP contribution is -1.98. The van der Waals surface area contributed by atoms with Gasteiger partial charge in [-0.25, -0.2) is 0 Å². The summed E-state index contributed by atoms with van der Waals surface area (Å²) in [5.74, 6) is 1.82. The fourth-order valence-electron chi connectivity index (χ4n) is 7.61. The van der Waals surface area contributed by atoms with Crippen molar-refractivity contribution in [2.24, 2.45) is 0 Å². The van der Waals surface area contributed by atoms with Gasteiger partial charge in [0.1, 0.15) is 11.5 Å². The topological polar surface area (TPSA) is 9.23 Å². The summed E-state index contributed by atoms with van der Waals surface area (Å²) in [6.45, 7) is 0. The highest BCUT2D eigenvalue weighted by molar-refractivity contribution is 6.25. The summed E-state index contributed by atoms with van der Waals surface area (Å²) >= 11 is 0. The lowest BCUT2D eigenvalue weighted by molar-refractivity contribution is 0.488. The van der Waals surface area contributed by atoms with Crippen molar-refractivity contribution in [3.05, 3.63) is 158 Å². The quantitative estimate of drug-likeness (QED) is 0.148. The summed E-state index contributed by atoms with van der Waals surface area (Å²) in [7, 11) is 0. The van der Waals surface area contributed by atoms with Crippen LogP contribution in [0.4, 0.5) is 0 Å². The third kappa shape index (κ3) is 3.56. The van der Waals surface area contributed by atoms with E-state index in [2.05, 4.69) is 158 Å². The van der Waals surface area contributed by atoms with Gasteiger partial charge in [-0.05, 0) is 107 Å². The van der Waals surface area contributed by atoms with Gasteiger partial charge in [0.25, 0.3) is 0 Å². The van der Waals surface area contributed by atoms with Crippen LogP contribution in [0.3, 0.4) is 0 Å². The highest BCUT2D eigenvalue weighted by Crippen LogP contribution is 2.51. The Hall–Kier alpha value is -5.92. The summed E-state index contributed by atoms with van der Waals surface area (Å²) in [6.07, 6.45) is 0. The van der Waals surface area contributed by atoms with Crippen molar-refractivity contribution < 1.29 is 4.74 Å². The van der Waals surface area contributed by atoms with Crippen LogP contribution in [0.15, 0.2) is 158 Å². The molecule has 1 aliphatic heterocycles. The minimum absolute atomic E-state index is 0.898. The van der Waals surface area contributed by atoms with E-state index in [1.165, 1.54) is 81.7 Å². The minimum Gasteiger partial charge on any atom is -0.456 e. The van der Waals surface area contributed by atoms with Crippen LogP contribution in [0, 0.1) is 0 Å². The third-order valence-corrected chi connectivity index (χ3v) is 9.58. The van der Waals surface area contributed by atoms with Crippen molar-refractivity contribution in [3.8, 4) is 44.9 Å². The first-order chi connectivity index (χ1) is 22.3. The van der Waals surface area contributed by atoms with E-state index in [0.29, 0.717) is 0 Å². The molecule has 0 atom stereocenters. The summed E-state index contributed by atoms with van der Waals surface area (Å²) in [5.41, 5.74) is 7.28. The minimum atomic E-state index is 0.898. The van der Waals surface area contributed by atoms with E-state index in [1.807, 2.05) is 0 Å². The number of ether oxygens (including phenoxy) is 1. The summed E-state index contributed by atoms with van der Waals surface area (Å²) < 4.78 is 6.64. The molecule has 0 saturated heterocycles. The molecule has 1 heteroatoms. The molecule has 0 radical (unpaired) electrons. The number of hydrogen-bond acceptors (Lipinski definition) is 1. The van der Waals surface area contributed by atoms with E-state index < -0.39 is 0 Å². The molecule has 0 fully saturated rings. The van der Waals surface area contributed by atoms with Gasteiger partial charge >= 0.3 is 0 Å². The third-order valence-electron chi connectivity index (χ3n) is 9.58. The van der Waals surface area contributed by atoms with Gasteiger partial charge in [-0.1, -0.05) is 127 Å². The van der Waals surface area contributed by atoms with Gasteiger partial charge in [0.15, 0.2) is 0 Å². The van der Waals surface area contributed by atoms with Crippen molar-refractivity contribution in [3.63, 3.8) is 0 Å². The monoisotopic (exact) mass is 570 g/mol. The average molecular weight is 571 g/mol. The number of benzene rings is 9. The maximum Gasteiger partial charge on any atom is 0.136 e. The molecule has 10 rings (SSSR count). The second-order valence-corrected chi connectivity index (χ2v) is 12.0. The van der Waals surface area contributed by atoms with Gasteiger partial charge in [0.05, 0.1) is 0 Å². The molecule has 0 saturated carbocycles. The zero-order valence-corrected chi connectivity index (χ0v) is 24.4. The standard InChI is InChI=1S/C44H26O/c1-2-11-27(12-3-1)42-33-17-8-5-14-29(33)25-39-37(23-28-13-6-9-18-34(28)44(39)42)31-21-22-40-38(24-31)36-20-10-19-35-32-16-7-4-15-30(32)26-41(45-40)43(35)36/h1-26H. The Morgan fingerprint density at radius 2 is 0.978 bits per heavy atom. The summed E-state index contributed by atoms with van der Waals surface area (Å²) in [4.78, 5) is 0. The first-order valence-corrected chi connectivity index (χ1v) is 15.5. The van der Waals surface area contributed by atoms with Crippen molar-refractivity contribution in [1.29, 1.82) is 0 Å². The van der Waals surface area contributed by atoms with Crippen LogP contribution >= 0.6 is 0 Å². The van der Waals surface area contributed by atoms with Crippen LogP contribution in [0.2, 0.25) is 0 Å². The lowest BCUT2D eigenvalue weighted by Gasteiger charge is -2.23. The first-order valence-electron chi connectivity index (χ1n) is 15.5. The van der Waals surface area contributed by atoms with Crippen LogP contribution in [0.1, 0.15) is 0 Å². The Morgan fingerprint density at radius 3 is 1.80 bits per heavy atom. The first kappa shape index (κ1) is 24.5. The molecule has 208 valence electrons. The van der Waals surface area contributed by atoms with Crippen LogP contribution in [-0.2, 0) is 0 Å². The van der Waals surface area contributed by atoms with E-state index in [0.717, 1.165) is 17.1 Å². The fraction of sp³-hybridized carbons (Fsp3) is 0. The number of hydrogen-bond donors (Lipinski definition) is 0. The van der Waals surface area contributed by atoms with E-state index >= 15 is 0 Å². The molecule has 1 nitrogen and oxygen atoms in total. The predicted molar refractivity (Wildman–Crippen MR) is 190 cm³/mol. The van der Waals surface area contributed by atoms with Gasteiger partial charge in [-0.15, -0.1) is 0 Å². The molecule has 0 amide bonds. The maximum atomic E-state index is 6.64. The Balaban J connectivity index is 1.30. The van der Waals surface area contributed by atoms with Crippen LogP contribution in [-0.4, -0.2) is 0 Å². The zero-order valence-electron chi connectivity index (χ0n) is 24.4. The molecular weight excluding hydrogens is 544 g/mol. The Bertz CT molecular complexity index is 2670. The smallest absolute Gasteiger partial charge is 0.136 e. The van der Waals surface area contributed by atoms with Gasteiger partial charge in [0, 0.05) is 10.9 Å². The van der Waals surface area contributed by atoms with Crippen molar-refractivity contribution >= 4 is 53.9 Å². The second-order valence-electron chi connectivity index (χ2n) is 12.0. The fourth-order valence-corrected chi connectivity index (χ4v) is 7.61. The lowest BCUT2D eigenvalue weighted by atomic mass is 9.84. The highest BCUT2D eigenvalue weighted by Gasteiger charge is 2.23. The van der Waals surface area contributed by atoms with Crippen LogP contribution < -0.4 is 4.74 Å². The van der Waals surface area contributed by atoms with Gasteiger partial charge in [-0.2, -0.15) is 0 Å². The van der Waals surface area contributed by atoms with Crippen molar-refractivity contribution in [2.45, 2.75) is 0 Å². The number of rotatable bonds is 2. The van der Waals surface area contributed by atoms with E-state index in [9.17, 15) is 0 Å². The molecule has 9 aromatic rings. The van der Waals surface area contributed by atoms with Gasteiger partial charge < -0.3 is 4.74 Å². The Labute approximate surface area is 260 Å². The SMILES string of the molecule is c1ccc(-c2c3ccccc3cc3c(-c4ccc5c(c4)-c4cccc6c4c(cc4ccccc46)O5)cc4ccccc4c23)cc1. The second kappa shape index (κ2) is 9.29. The molecular formula is C44H26O. The molecule has 0 spiro atoms. The molecule has 9 aromatic carbocycles. The summed E-state index contributed by atoms with van der Waals surface area (Å²) in [5, 5.41) is 12.4. The largest absolute Gasteiger partial charge is 0.456 e. The van der Waals surface area contributed by atoms with E-state index in [-0.39, 0.29) is 0 Å². The highest BCUT2D eigenvalue weighted by atomic mass is 16.5. The summed E-state index contributed by atoms with van der Waals surface area (Å²) in [6, 6.07) is 57.3. The zero-order chi connectivity index (χ0) is 29.5. The number of fused-ring (bicyclic) bond motifs is 8. The molecule has 0 aromatic heterocycles. The van der Waals surface area contributed by atoms with Gasteiger partial charge in [0.2, 0.25) is 0 Å². The molecule has 45 heavy (non-hydrogen) atoms. The van der Waals surface area contributed by atoms with E-state index in [4.69, 9.17) is 4.74 Å². The van der Waals surface area contributed by atoms with Crippen LogP contribution in [0.25, 0.3) is 87.2 Å². The molecule has 0 unspecified atom stereocenters. The molecule has 0 bridgehead atoms. The molecule has 1 heterocycles.